The normalized spacial score (nSPS) is 13.2. The maximum atomic E-state index is 11.8. The molecule has 108 valence electrons. The Morgan fingerprint density at radius 3 is 2.70 bits per heavy atom. The van der Waals surface area contributed by atoms with E-state index in [2.05, 4.69) is 15.0 Å². The van der Waals surface area contributed by atoms with Gasteiger partial charge in [-0.1, -0.05) is 6.07 Å². The van der Waals surface area contributed by atoms with Crippen LogP contribution in [0.2, 0.25) is 0 Å². The molecule has 0 spiro atoms. The summed E-state index contributed by atoms with van der Waals surface area (Å²) in [6.45, 7) is 3.99. The molecule has 0 aliphatic rings. The highest BCUT2D eigenvalue weighted by Gasteiger charge is 2.14. The number of benzene rings is 1. The summed E-state index contributed by atoms with van der Waals surface area (Å²) >= 11 is 1.59. The summed E-state index contributed by atoms with van der Waals surface area (Å²) in [6, 6.07) is 6.84. The maximum Gasteiger partial charge on any atom is 0.240 e. The SMILES string of the molecule is CNS(=O)(=O)c1cccc(NC(C)c2scnc2C)c1. The third-order valence-electron chi connectivity index (χ3n) is 2.97. The lowest BCUT2D eigenvalue weighted by molar-refractivity contribution is 0.588. The summed E-state index contributed by atoms with van der Waals surface area (Å²) in [6.07, 6.45) is 0. The Kier molecular flexibility index (Phi) is 4.42. The second-order valence-corrected chi connectivity index (χ2v) is 7.18. The maximum absolute atomic E-state index is 11.8. The lowest BCUT2D eigenvalue weighted by Crippen LogP contribution is -2.18. The number of thiazole rings is 1. The van der Waals surface area contributed by atoms with Gasteiger partial charge in [-0.25, -0.2) is 18.1 Å². The molecule has 1 aromatic carbocycles. The number of aryl methyl sites for hydroxylation is 1. The summed E-state index contributed by atoms with van der Waals surface area (Å²) in [7, 11) is -2.02. The van der Waals surface area contributed by atoms with Crippen LogP contribution in [0.1, 0.15) is 23.5 Å². The molecule has 1 atom stereocenters. The lowest BCUT2D eigenvalue weighted by Gasteiger charge is -2.15. The van der Waals surface area contributed by atoms with E-state index in [0.717, 1.165) is 16.3 Å². The molecule has 1 heterocycles. The standard InChI is InChI=1S/C13H17N3O2S2/c1-9-13(19-8-15-9)10(2)16-11-5-4-6-12(7-11)20(17,18)14-3/h4-8,10,14,16H,1-3H3. The van der Waals surface area contributed by atoms with Crippen molar-refractivity contribution < 1.29 is 8.42 Å². The number of hydrogen-bond acceptors (Lipinski definition) is 5. The molecule has 0 fully saturated rings. The van der Waals surface area contributed by atoms with Crippen LogP contribution in [0.15, 0.2) is 34.7 Å². The Hall–Kier alpha value is -1.44. The topological polar surface area (TPSA) is 71.1 Å². The third-order valence-corrected chi connectivity index (χ3v) is 5.50. The Labute approximate surface area is 123 Å². The van der Waals surface area contributed by atoms with E-state index in [1.165, 1.54) is 7.05 Å². The van der Waals surface area contributed by atoms with Gasteiger partial charge in [-0.3, -0.25) is 0 Å². The van der Waals surface area contributed by atoms with E-state index in [4.69, 9.17) is 0 Å². The van der Waals surface area contributed by atoms with Gasteiger partial charge in [0.15, 0.2) is 0 Å². The summed E-state index contributed by atoms with van der Waals surface area (Å²) in [5.41, 5.74) is 3.57. The van der Waals surface area contributed by atoms with Crippen molar-refractivity contribution in [2.75, 3.05) is 12.4 Å². The van der Waals surface area contributed by atoms with Gasteiger partial charge >= 0.3 is 0 Å². The quantitative estimate of drug-likeness (QED) is 0.890. The van der Waals surface area contributed by atoms with Crippen LogP contribution < -0.4 is 10.0 Å². The number of nitrogens with one attached hydrogen (secondary N) is 2. The number of sulfonamides is 1. The molecular weight excluding hydrogens is 294 g/mol. The Morgan fingerprint density at radius 1 is 1.35 bits per heavy atom. The predicted octanol–water partition coefficient (Wildman–Crippen LogP) is 2.53. The van der Waals surface area contributed by atoms with E-state index >= 15 is 0 Å². The summed E-state index contributed by atoms with van der Waals surface area (Å²) < 4.78 is 25.9. The van der Waals surface area contributed by atoms with Gasteiger partial charge < -0.3 is 5.32 Å². The number of nitrogens with zero attached hydrogens (tertiary/aromatic N) is 1. The molecule has 2 N–H and O–H groups in total. The van der Waals surface area contributed by atoms with Crippen LogP contribution in [0.25, 0.3) is 0 Å². The zero-order valence-electron chi connectivity index (χ0n) is 11.5. The zero-order chi connectivity index (χ0) is 14.8. The summed E-state index contributed by atoms with van der Waals surface area (Å²) in [4.78, 5) is 5.62. The van der Waals surface area contributed by atoms with Crippen LogP contribution in [-0.2, 0) is 10.0 Å². The van der Waals surface area contributed by atoms with Gasteiger partial charge in [-0.05, 0) is 39.1 Å². The first-order valence-electron chi connectivity index (χ1n) is 6.14. The van der Waals surface area contributed by atoms with Gasteiger partial charge in [-0.2, -0.15) is 0 Å². The fourth-order valence-electron chi connectivity index (χ4n) is 1.91. The highest BCUT2D eigenvalue weighted by molar-refractivity contribution is 7.89. The molecule has 7 heteroatoms. The Bertz CT molecular complexity index is 695. The van der Waals surface area contributed by atoms with Gasteiger partial charge in [0.25, 0.3) is 0 Å². The molecule has 2 rings (SSSR count). The van der Waals surface area contributed by atoms with Crippen LogP contribution in [-0.4, -0.2) is 20.4 Å². The number of aromatic nitrogens is 1. The average molecular weight is 311 g/mol. The molecule has 0 bridgehead atoms. The van der Waals surface area contributed by atoms with Crippen molar-refractivity contribution in [2.24, 2.45) is 0 Å². The predicted molar refractivity (Wildman–Crippen MR) is 81.6 cm³/mol. The first kappa shape index (κ1) is 15.0. The van der Waals surface area contributed by atoms with Crippen LogP contribution in [0.3, 0.4) is 0 Å². The van der Waals surface area contributed by atoms with E-state index in [1.54, 1.807) is 29.5 Å². The molecule has 0 aliphatic carbocycles. The monoisotopic (exact) mass is 311 g/mol. The largest absolute Gasteiger partial charge is 0.378 e. The van der Waals surface area contributed by atoms with Crippen molar-refractivity contribution in [3.8, 4) is 0 Å². The van der Waals surface area contributed by atoms with Gasteiger partial charge in [0.1, 0.15) is 0 Å². The number of hydrogen-bond donors (Lipinski definition) is 2. The first-order chi connectivity index (χ1) is 9.44. The second kappa shape index (κ2) is 5.90. The van der Waals surface area contributed by atoms with E-state index < -0.39 is 10.0 Å². The highest BCUT2D eigenvalue weighted by Crippen LogP contribution is 2.26. The van der Waals surface area contributed by atoms with Crippen molar-refractivity contribution in [2.45, 2.75) is 24.8 Å². The molecule has 2 aromatic rings. The fraction of sp³-hybridized carbons (Fsp3) is 0.308. The van der Waals surface area contributed by atoms with Gasteiger partial charge in [0.05, 0.1) is 22.1 Å². The van der Waals surface area contributed by atoms with Gasteiger partial charge in [-0.15, -0.1) is 11.3 Å². The molecule has 0 aliphatic heterocycles. The molecule has 1 unspecified atom stereocenters. The smallest absolute Gasteiger partial charge is 0.240 e. The van der Waals surface area contributed by atoms with Crippen LogP contribution >= 0.6 is 11.3 Å². The molecule has 1 aromatic heterocycles. The molecule has 0 saturated heterocycles. The first-order valence-corrected chi connectivity index (χ1v) is 8.50. The summed E-state index contributed by atoms with van der Waals surface area (Å²) in [5, 5.41) is 3.30. The fourth-order valence-corrected chi connectivity index (χ4v) is 3.50. The molecule has 20 heavy (non-hydrogen) atoms. The summed E-state index contributed by atoms with van der Waals surface area (Å²) in [5.74, 6) is 0. The Morgan fingerprint density at radius 2 is 2.10 bits per heavy atom. The molecular formula is C13H17N3O2S2. The second-order valence-electron chi connectivity index (χ2n) is 4.40. The van der Waals surface area contributed by atoms with Crippen LogP contribution in [0.4, 0.5) is 5.69 Å². The van der Waals surface area contributed by atoms with Crippen molar-refractivity contribution in [1.82, 2.24) is 9.71 Å². The van der Waals surface area contributed by atoms with E-state index in [1.807, 2.05) is 25.4 Å². The van der Waals surface area contributed by atoms with Crippen LogP contribution in [0, 0.1) is 6.92 Å². The van der Waals surface area contributed by atoms with Gasteiger partial charge in [0, 0.05) is 10.6 Å². The minimum absolute atomic E-state index is 0.0787. The highest BCUT2D eigenvalue weighted by atomic mass is 32.2. The van der Waals surface area contributed by atoms with Crippen molar-refractivity contribution >= 4 is 27.0 Å². The van der Waals surface area contributed by atoms with Crippen molar-refractivity contribution in [1.29, 1.82) is 0 Å². The minimum Gasteiger partial charge on any atom is -0.378 e. The molecule has 0 amide bonds. The molecule has 0 saturated carbocycles. The minimum atomic E-state index is -3.42. The Balaban J connectivity index is 2.23. The molecule has 5 nitrogen and oxygen atoms in total. The number of anilines is 1. The average Bonchev–Trinajstić information content (AvgIpc) is 2.85. The molecule has 0 radical (unpaired) electrons. The van der Waals surface area contributed by atoms with Crippen LogP contribution in [0.5, 0.6) is 0 Å². The number of rotatable bonds is 5. The third kappa shape index (κ3) is 3.17. The van der Waals surface area contributed by atoms with Gasteiger partial charge in [0.2, 0.25) is 10.0 Å². The lowest BCUT2D eigenvalue weighted by atomic mass is 10.2. The van der Waals surface area contributed by atoms with E-state index in [9.17, 15) is 8.42 Å². The van der Waals surface area contributed by atoms with Crippen molar-refractivity contribution in [3.05, 3.63) is 40.3 Å². The van der Waals surface area contributed by atoms with E-state index in [0.29, 0.717) is 0 Å². The zero-order valence-corrected chi connectivity index (χ0v) is 13.2. The van der Waals surface area contributed by atoms with Crippen molar-refractivity contribution in [3.63, 3.8) is 0 Å². The van der Waals surface area contributed by atoms with E-state index in [-0.39, 0.29) is 10.9 Å².